The molecule has 1 N–H and O–H groups in total. The number of carbonyl (C=O) groups is 3. The summed E-state index contributed by atoms with van der Waals surface area (Å²) in [6, 6.07) is 0. The van der Waals surface area contributed by atoms with Gasteiger partial charge in [-0.05, 0) is 52.2 Å². The van der Waals surface area contributed by atoms with Crippen LogP contribution in [0.1, 0.15) is 47.5 Å². The van der Waals surface area contributed by atoms with E-state index in [9.17, 15) is 19.5 Å². The summed E-state index contributed by atoms with van der Waals surface area (Å²) < 4.78 is 21.9. The van der Waals surface area contributed by atoms with E-state index in [1.807, 2.05) is 13.0 Å². The minimum Gasteiger partial charge on any atom is -0.454 e. The molecule has 2 fully saturated rings. The van der Waals surface area contributed by atoms with Gasteiger partial charge in [-0.25, -0.2) is 9.59 Å². The van der Waals surface area contributed by atoms with Gasteiger partial charge in [-0.1, -0.05) is 18.2 Å². The van der Waals surface area contributed by atoms with Gasteiger partial charge in [0.2, 0.25) is 0 Å². The highest BCUT2D eigenvalue weighted by Crippen LogP contribution is 2.43. The predicted molar refractivity (Wildman–Crippen MR) is 105 cm³/mol. The zero-order chi connectivity index (χ0) is 22.4. The fourth-order valence-corrected chi connectivity index (χ4v) is 3.83. The maximum Gasteiger partial charge on any atom is 0.341 e. The minimum absolute atomic E-state index is 0.269. The van der Waals surface area contributed by atoms with Crippen molar-refractivity contribution in [2.75, 3.05) is 0 Å². The van der Waals surface area contributed by atoms with Crippen LogP contribution in [0.5, 0.6) is 0 Å². The third kappa shape index (κ3) is 3.70. The summed E-state index contributed by atoms with van der Waals surface area (Å²) in [6.45, 7) is 11.8. The van der Waals surface area contributed by atoms with E-state index in [-0.39, 0.29) is 11.7 Å². The second-order valence-electron chi connectivity index (χ2n) is 8.35. The second kappa shape index (κ2) is 7.67. The Morgan fingerprint density at radius 3 is 2.50 bits per heavy atom. The van der Waals surface area contributed by atoms with E-state index >= 15 is 0 Å². The number of hydrogen-bond acceptors (Lipinski definition) is 8. The Hall–Kier alpha value is -2.45. The number of epoxide rings is 1. The van der Waals surface area contributed by atoms with Gasteiger partial charge in [0.1, 0.15) is 0 Å². The molecule has 164 valence electrons. The summed E-state index contributed by atoms with van der Waals surface area (Å²) >= 11 is 0. The van der Waals surface area contributed by atoms with Gasteiger partial charge in [0.05, 0.1) is 11.7 Å². The number of esters is 3. The van der Waals surface area contributed by atoms with Crippen molar-refractivity contribution in [3.05, 3.63) is 35.5 Å². The Labute approximate surface area is 175 Å². The van der Waals surface area contributed by atoms with Crippen LogP contribution in [0.25, 0.3) is 0 Å². The zero-order valence-electron chi connectivity index (χ0n) is 17.9. The molecule has 0 unspecified atom stereocenters. The summed E-state index contributed by atoms with van der Waals surface area (Å²) in [5.41, 5.74) is -2.13. The summed E-state index contributed by atoms with van der Waals surface area (Å²) in [6.07, 6.45) is 0.621. The van der Waals surface area contributed by atoms with Crippen LogP contribution in [0.15, 0.2) is 35.5 Å². The summed E-state index contributed by atoms with van der Waals surface area (Å²) in [5.74, 6) is -2.17. The molecule has 0 saturated carbocycles. The van der Waals surface area contributed by atoms with E-state index in [0.717, 1.165) is 5.57 Å². The van der Waals surface area contributed by atoms with Crippen LogP contribution >= 0.6 is 0 Å². The van der Waals surface area contributed by atoms with Gasteiger partial charge < -0.3 is 24.1 Å². The van der Waals surface area contributed by atoms with Crippen LogP contribution in [0.2, 0.25) is 0 Å². The molecule has 0 amide bonds. The lowest BCUT2D eigenvalue weighted by Crippen LogP contribution is -2.58. The lowest BCUT2D eigenvalue weighted by molar-refractivity contribution is -0.190. The first-order valence-corrected chi connectivity index (χ1v) is 9.94. The van der Waals surface area contributed by atoms with Crippen LogP contribution in [0.4, 0.5) is 0 Å². The minimum atomic E-state index is -2.13. The zero-order valence-corrected chi connectivity index (χ0v) is 17.9. The lowest BCUT2D eigenvalue weighted by Gasteiger charge is -2.39. The second-order valence-corrected chi connectivity index (χ2v) is 8.35. The highest BCUT2D eigenvalue weighted by molar-refractivity contribution is 5.94. The molecule has 1 aliphatic carbocycles. The molecule has 3 rings (SSSR count). The van der Waals surface area contributed by atoms with E-state index in [4.69, 9.17) is 18.9 Å². The average molecular weight is 420 g/mol. The maximum atomic E-state index is 12.9. The fourth-order valence-electron chi connectivity index (χ4n) is 3.83. The summed E-state index contributed by atoms with van der Waals surface area (Å²) in [7, 11) is 0. The van der Waals surface area contributed by atoms with Crippen molar-refractivity contribution in [1.82, 2.24) is 0 Å². The van der Waals surface area contributed by atoms with E-state index in [1.54, 1.807) is 26.8 Å². The van der Waals surface area contributed by atoms with Crippen molar-refractivity contribution in [2.45, 2.75) is 83.1 Å². The quantitative estimate of drug-likeness (QED) is 0.242. The summed E-state index contributed by atoms with van der Waals surface area (Å²) in [4.78, 5) is 37.1. The van der Waals surface area contributed by atoms with Gasteiger partial charge in [0.25, 0.3) is 0 Å². The molecule has 30 heavy (non-hydrogen) atoms. The predicted octanol–water partition coefficient (Wildman–Crippen LogP) is 1.91. The molecule has 8 nitrogen and oxygen atoms in total. The fraction of sp³-hybridized carbons (Fsp3) is 0.591. The van der Waals surface area contributed by atoms with Crippen molar-refractivity contribution >= 4 is 17.9 Å². The van der Waals surface area contributed by atoms with Gasteiger partial charge in [0, 0.05) is 6.92 Å². The SMILES string of the molecule is C=C1C(=O)O[C@H]2/C=C(\C)CC/C=C(\C)[C@H](OC(C)=O)[C@H](OC(=O)[C@]3(C)O[C@@H]3C)[C@]12O. The molecule has 0 aromatic heterocycles. The third-order valence-corrected chi connectivity index (χ3v) is 6.07. The van der Waals surface area contributed by atoms with Gasteiger partial charge in [-0.15, -0.1) is 0 Å². The Morgan fingerprint density at radius 1 is 1.30 bits per heavy atom. The van der Waals surface area contributed by atoms with Crippen molar-refractivity contribution in [3.8, 4) is 0 Å². The first kappa shape index (κ1) is 22.2. The Balaban J connectivity index is 2.13. The molecule has 3 aliphatic rings. The normalized spacial score (nSPS) is 42.1. The number of carbonyl (C=O) groups excluding carboxylic acids is 3. The molecule has 2 aliphatic heterocycles. The molecule has 0 bridgehead atoms. The molecule has 0 aromatic rings. The van der Waals surface area contributed by atoms with E-state index < -0.39 is 47.4 Å². The molecule has 6 atom stereocenters. The van der Waals surface area contributed by atoms with Gasteiger partial charge >= 0.3 is 17.9 Å². The largest absolute Gasteiger partial charge is 0.454 e. The maximum absolute atomic E-state index is 12.9. The molecular weight excluding hydrogens is 392 g/mol. The van der Waals surface area contributed by atoms with Gasteiger partial charge in [0.15, 0.2) is 29.5 Å². The Kier molecular flexibility index (Phi) is 5.68. The topological polar surface area (TPSA) is 112 Å². The first-order chi connectivity index (χ1) is 13.9. The van der Waals surface area contributed by atoms with Crippen molar-refractivity contribution in [2.24, 2.45) is 0 Å². The third-order valence-electron chi connectivity index (χ3n) is 6.07. The number of ether oxygens (including phenoxy) is 4. The van der Waals surface area contributed by atoms with Crippen molar-refractivity contribution in [1.29, 1.82) is 0 Å². The number of hydrogen-bond donors (Lipinski definition) is 1. The van der Waals surface area contributed by atoms with E-state index in [0.29, 0.717) is 18.4 Å². The number of aliphatic hydroxyl groups is 1. The Morgan fingerprint density at radius 2 is 1.93 bits per heavy atom. The van der Waals surface area contributed by atoms with Gasteiger partial charge in [-0.2, -0.15) is 0 Å². The van der Waals surface area contributed by atoms with Gasteiger partial charge in [-0.3, -0.25) is 4.79 Å². The van der Waals surface area contributed by atoms with Crippen LogP contribution in [-0.4, -0.2) is 58.6 Å². The molecular formula is C22H28O8. The van der Waals surface area contributed by atoms with Crippen LogP contribution in [0, 0.1) is 0 Å². The summed E-state index contributed by atoms with van der Waals surface area (Å²) in [5, 5.41) is 11.7. The highest BCUT2D eigenvalue weighted by atomic mass is 16.7. The molecule has 8 heteroatoms. The van der Waals surface area contributed by atoms with Crippen molar-refractivity contribution < 1.29 is 38.4 Å². The Bertz CT molecular complexity index is 855. The van der Waals surface area contributed by atoms with Crippen LogP contribution < -0.4 is 0 Å². The standard InChI is InChI=1S/C22H28O8/c1-11-8-7-9-12(2)17(27-15(5)23)18(29-20(25)21(6)14(4)30-21)22(26)13(3)19(24)28-16(22)10-11/h9-10,14,16-18,26H,3,7-8H2,1-2,4-6H3/b11-10+,12-9+/t14-,16+,17+,18+,21-,22+/m1/s1. The van der Waals surface area contributed by atoms with E-state index in [1.165, 1.54) is 6.92 Å². The smallest absolute Gasteiger partial charge is 0.341 e. The monoisotopic (exact) mass is 420 g/mol. The van der Waals surface area contributed by atoms with Crippen LogP contribution in [-0.2, 0) is 33.3 Å². The number of rotatable bonds is 3. The first-order valence-electron chi connectivity index (χ1n) is 9.94. The van der Waals surface area contributed by atoms with Crippen LogP contribution in [0.3, 0.4) is 0 Å². The molecule has 2 saturated heterocycles. The lowest BCUT2D eigenvalue weighted by atomic mass is 9.79. The van der Waals surface area contributed by atoms with E-state index in [2.05, 4.69) is 6.58 Å². The molecule has 0 aromatic carbocycles. The highest BCUT2D eigenvalue weighted by Gasteiger charge is 2.64. The molecule has 0 spiro atoms. The average Bonchev–Trinajstić information content (AvgIpc) is 3.22. The van der Waals surface area contributed by atoms with Crippen molar-refractivity contribution in [3.63, 3.8) is 0 Å². The molecule has 0 radical (unpaired) electrons. The number of fused-ring (bicyclic) bond motifs is 1. The number of allylic oxidation sites excluding steroid dienone is 2. The molecule has 2 heterocycles.